The third-order valence-electron chi connectivity index (χ3n) is 5.07. The average molecular weight is 386 g/mol. The fourth-order valence-electron chi connectivity index (χ4n) is 3.84. The third-order valence-corrected chi connectivity index (χ3v) is 5.07. The predicted octanol–water partition coefficient (Wildman–Crippen LogP) is 6.06. The molecule has 2 N–H and O–H groups in total. The van der Waals surface area contributed by atoms with Crippen LogP contribution in [-0.2, 0) is 11.2 Å². The summed E-state index contributed by atoms with van der Waals surface area (Å²) >= 11 is 0. The molecular weight excluding hydrogens is 358 g/mol. The highest BCUT2D eigenvalue weighted by Gasteiger charge is 2.24. The second-order valence-corrected chi connectivity index (χ2v) is 8.97. The van der Waals surface area contributed by atoms with Crippen molar-refractivity contribution in [3.63, 3.8) is 0 Å². The molecule has 28 heavy (non-hydrogen) atoms. The van der Waals surface area contributed by atoms with E-state index in [0.29, 0.717) is 24.1 Å². The van der Waals surface area contributed by atoms with E-state index in [0.717, 1.165) is 34.9 Å². The van der Waals surface area contributed by atoms with Crippen LogP contribution >= 0.6 is 0 Å². The Balaban J connectivity index is 1.82. The van der Waals surface area contributed by atoms with E-state index in [1.165, 1.54) is 6.07 Å². The molecule has 0 spiro atoms. The monoisotopic (exact) mass is 386 g/mol. The minimum absolute atomic E-state index is 0.000247. The van der Waals surface area contributed by atoms with Crippen LogP contribution in [-0.4, -0.2) is 5.91 Å². The molecule has 1 amide bonds. The first kappa shape index (κ1) is 20.3. The Morgan fingerprint density at radius 3 is 2.39 bits per heavy atom. The molecule has 1 aliphatic heterocycles. The molecule has 0 aliphatic carbocycles. The first-order valence-corrected chi connectivity index (χ1v) is 9.69. The van der Waals surface area contributed by atoms with E-state index >= 15 is 0 Å². The molecule has 5 heteroatoms. The van der Waals surface area contributed by atoms with Gasteiger partial charge in [-0.3, -0.25) is 4.79 Å². The minimum Gasteiger partial charge on any atom is -0.376 e. The van der Waals surface area contributed by atoms with Crippen LogP contribution in [0, 0.1) is 30.9 Å². The molecule has 0 aromatic heterocycles. The van der Waals surface area contributed by atoms with Crippen molar-refractivity contribution in [3.8, 4) is 0 Å². The van der Waals surface area contributed by atoms with E-state index in [4.69, 9.17) is 0 Å². The molecule has 0 radical (unpaired) electrons. The molecule has 2 aromatic carbocycles. The summed E-state index contributed by atoms with van der Waals surface area (Å²) in [4.78, 5) is 12.3. The summed E-state index contributed by atoms with van der Waals surface area (Å²) in [6.07, 6.45) is 1.82. The van der Waals surface area contributed by atoms with Gasteiger partial charge >= 0.3 is 0 Å². The molecule has 0 saturated carbocycles. The van der Waals surface area contributed by atoms with Gasteiger partial charge in [0.2, 0.25) is 5.91 Å². The Morgan fingerprint density at radius 1 is 1.14 bits per heavy atom. The predicted molar refractivity (Wildman–Crippen MR) is 110 cm³/mol. The summed E-state index contributed by atoms with van der Waals surface area (Å²) in [5, 5.41) is 6.26. The Bertz CT molecular complexity index is 893. The zero-order valence-corrected chi connectivity index (χ0v) is 17.2. The van der Waals surface area contributed by atoms with Gasteiger partial charge in [-0.15, -0.1) is 0 Å². The third kappa shape index (κ3) is 4.51. The van der Waals surface area contributed by atoms with Crippen molar-refractivity contribution in [2.24, 2.45) is 5.41 Å². The maximum atomic E-state index is 14.2. The maximum absolute atomic E-state index is 14.2. The lowest BCUT2D eigenvalue weighted by atomic mass is 9.90. The Hall–Kier alpha value is -2.43. The molecule has 3 nitrogen and oxygen atoms in total. The van der Waals surface area contributed by atoms with Gasteiger partial charge in [0.15, 0.2) is 0 Å². The average Bonchev–Trinajstić information content (AvgIpc) is 2.56. The highest BCUT2D eigenvalue weighted by molar-refractivity contribution is 5.92. The van der Waals surface area contributed by atoms with Crippen LogP contribution in [0.25, 0.3) is 0 Å². The number of rotatable bonds is 3. The van der Waals surface area contributed by atoms with Crippen LogP contribution in [0.2, 0.25) is 0 Å². The van der Waals surface area contributed by atoms with Gasteiger partial charge < -0.3 is 10.6 Å². The summed E-state index contributed by atoms with van der Waals surface area (Å²) in [6, 6.07) is 6.32. The fraction of sp³-hybridized carbons (Fsp3) is 0.435. The van der Waals surface area contributed by atoms with E-state index < -0.39 is 11.6 Å². The molecule has 1 aliphatic rings. The maximum Gasteiger partial charge on any atom is 0.224 e. The summed E-state index contributed by atoms with van der Waals surface area (Å²) in [5.41, 5.74) is 4.81. The van der Waals surface area contributed by atoms with Crippen molar-refractivity contribution >= 4 is 17.3 Å². The number of halogens is 2. The zero-order valence-electron chi connectivity index (χ0n) is 17.2. The van der Waals surface area contributed by atoms with Crippen molar-refractivity contribution in [1.29, 1.82) is 0 Å². The zero-order chi connectivity index (χ0) is 20.6. The molecule has 0 bridgehead atoms. The normalized spacial score (nSPS) is 16.3. The molecule has 0 saturated heterocycles. The molecule has 0 fully saturated rings. The highest BCUT2D eigenvalue weighted by atomic mass is 19.1. The van der Waals surface area contributed by atoms with Crippen LogP contribution in [0.3, 0.4) is 0 Å². The molecule has 2 aromatic rings. The van der Waals surface area contributed by atoms with Crippen molar-refractivity contribution in [2.75, 3.05) is 10.6 Å². The van der Waals surface area contributed by atoms with Crippen LogP contribution in [0.4, 0.5) is 20.2 Å². The van der Waals surface area contributed by atoms with Gasteiger partial charge in [0.25, 0.3) is 0 Å². The number of anilines is 2. The van der Waals surface area contributed by atoms with E-state index in [2.05, 4.69) is 10.6 Å². The van der Waals surface area contributed by atoms with Crippen LogP contribution in [0.1, 0.15) is 61.9 Å². The van der Waals surface area contributed by atoms with Crippen LogP contribution in [0.15, 0.2) is 24.3 Å². The number of amides is 1. The molecular formula is C23H28F2N2O. The van der Waals surface area contributed by atoms with Gasteiger partial charge in [-0.2, -0.15) is 0 Å². The Morgan fingerprint density at radius 2 is 1.79 bits per heavy atom. The number of hydrogen-bond donors (Lipinski definition) is 2. The van der Waals surface area contributed by atoms with Gasteiger partial charge in [-0.25, -0.2) is 8.78 Å². The minimum atomic E-state index is -0.556. The second-order valence-electron chi connectivity index (χ2n) is 8.97. The molecule has 1 atom stereocenters. The SMILES string of the molecule is Cc1cc(C2CCc3cc(F)cc(F)c3N2)cc(C)c1NC(=O)CC(C)(C)C. The van der Waals surface area contributed by atoms with Gasteiger partial charge in [-0.1, -0.05) is 32.9 Å². The molecule has 3 rings (SSSR count). The van der Waals surface area contributed by atoms with E-state index in [1.54, 1.807) is 0 Å². The smallest absolute Gasteiger partial charge is 0.224 e. The topological polar surface area (TPSA) is 41.1 Å². The molecule has 150 valence electrons. The number of nitrogens with one attached hydrogen (secondary N) is 2. The standard InChI is InChI=1S/C23H28F2N2O/c1-13-8-16(9-14(2)21(13)27-20(28)12-23(3,4)5)19-7-6-15-10-17(24)11-18(25)22(15)26-19/h8-11,19,26H,6-7,12H2,1-5H3,(H,27,28). The second kappa shape index (κ2) is 7.53. The Labute approximate surface area is 165 Å². The van der Waals surface area contributed by atoms with Crippen molar-refractivity contribution in [1.82, 2.24) is 0 Å². The summed E-state index contributed by atoms with van der Waals surface area (Å²) in [6.45, 7) is 10.0. The number of fused-ring (bicyclic) bond motifs is 1. The van der Waals surface area contributed by atoms with E-state index in [-0.39, 0.29) is 17.4 Å². The van der Waals surface area contributed by atoms with Crippen molar-refractivity contribution < 1.29 is 13.6 Å². The van der Waals surface area contributed by atoms with E-state index in [1.807, 2.05) is 46.8 Å². The first-order valence-electron chi connectivity index (χ1n) is 9.69. The van der Waals surface area contributed by atoms with Gasteiger partial charge in [0.05, 0.1) is 11.7 Å². The lowest BCUT2D eigenvalue weighted by Gasteiger charge is -2.29. The number of carbonyl (C=O) groups excluding carboxylic acids is 1. The largest absolute Gasteiger partial charge is 0.376 e. The number of hydrogen-bond acceptors (Lipinski definition) is 2. The lowest BCUT2D eigenvalue weighted by Crippen LogP contribution is -2.22. The number of carbonyl (C=O) groups is 1. The summed E-state index contributed by atoms with van der Waals surface area (Å²) < 4.78 is 27.6. The van der Waals surface area contributed by atoms with Crippen LogP contribution < -0.4 is 10.6 Å². The highest BCUT2D eigenvalue weighted by Crippen LogP contribution is 2.36. The van der Waals surface area contributed by atoms with Crippen LogP contribution in [0.5, 0.6) is 0 Å². The first-order chi connectivity index (χ1) is 13.0. The van der Waals surface area contributed by atoms with Gasteiger partial charge in [-0.05, 0) is 60.4 Å². The van der Waals surface area contributed by atoms with Crippen molar-refractivity contribution in [2.45, 2.75) is 59.9 Å². The lowest BCUT2D eigenvalue weighted by molar-refractivity contribution is -0.117. The molecule has 1 unspecified atom stereocenters. The summed E-state index contributed by atoms with van der Waals surface area (Å²) in [7, 11) is 0. The molecule has 1 heterocycles. The van der Waals surface area contributed by atoms with E-state index in [9.17, 15) is 13.6 Å². The van der Waals surface area contributed by atoms with Gasteiger partial charge in [0, 0.05) is 18.2 Å². The Kier molecular flexibility index (Phi) is 5.46. The fourth-order valence-corrected chi connectivity index (χ4v) is 3.84. The summed E-state index contributed by atoms with van der Waals surface area (Å²) in [5.74, 6) is -1.10. The quantitative estimate of drug-likeness (QED) is 0.674. The number of aryl methyl sites for hydroxylation is 3. The van der Waals surface area contributed by atoms with Crippen molar-refractivity contribution in [3.05, 3.63) is 58.2 Å². The van der Waals surface area contributed by atoms with Gasteiger partial charge in [0.1, 0.15) is 11.6 Å². The number of benzene rings is 2.